The summed E-state index contributed by atoms with van der Waals surface area (Å²) in [7, 11) is 0. The zero-order valence-corrected chi connectivity index (χ0v) is 7.57. The lowest BCUT2D eigenvalue weighted by Crippen LogP contribution is -1.91. The van der Waals surface area contributed by atoms with Gasteiger partial charge < -0.3 is 10.5 Å². The van der Waals surface area contributed by atoms with Crippen LogP contribution in [0.1, 0.15) is 18.1 Å². The summed E-state index contributed by atoms with van der Waals surface area (Å²) in [5, 5.41) is 16.0. The predicted octanol–water partition coefficient (Wildman–Crippen LogP) is 2.08. The number of rotatable bonds is 3. The molecule has 0 radical (unpaired) electrons. The van der Waals surface area contributed by atoms with Gasteiger partial charge in [-0.05, 0) is 18.1 Å². The number of nitrogens with one attached hydrogen (secondary N) is 1. The molecule has 0 saturated carbocycles. The molecule has 1 aromatic carbocycles. The van der Waals surface area contributed by atoms with Gasteiger partial charge in [0.2, 0.25) is 0 Å². The Hall–Kier alpha value is -1.41. The minimum absolute atomic E-state index is 0.414. The van der Waals surface area contributed by atoms with Gasteiger partial charge in [0.05, 0.1) is 6.10 Å². The van der Waals surface area contributed by atoms with Crippen molar-refractivity contribution in [1.82, 2.24) is 0 Å². The van der Waals surface area contributed by atoms with Crippen LogP contribution in [-0.4, -0.2) is 17.4 Å². The number of aliphatic hydroxyl groups excluding tert-OH is 1. The molecule has 0 amide bonds. The van der Waals surface area contributed by atoms with Gasteiger partial charge in [-0.3, -0.25) is 0 Å². The van der Waals surface area contributed by atoms with Gasteiger partial charge in [0, 0.05) is 6.21 Å². The van der Waals surface area contributed by atoms with Crippen molar-refractivity contribution in [3.05, 3.63) is 41.5 Å². The highest BCUT2D eigenvalue weighted by Crippen LogP contribution is 2.04. The molecule has 0 fully saturated rings. The van der Waals surface area contributed by atoms with Crippen LogP contribution in [0, 0.1) is 5.41 Å². The topological polar surface area (TPSA) is 44.1 Å². The van der Waals surface area contributed by atoms with Crippen LogP contribution in [0.5, 0.6) is 0 Å². The second-order valence-corrected chi connectivity index (χ2v) is 2.91. The van der Waals surface area contributed by atoms with E-state index in [1.807, 2.05) is 30.3 Å². The Morgan fingerprint density at radius 2 is 1.77 bits per heavy atom. The van der Waals surface area contributed by atoms with Crippen LogP contribution in [0.3, 0.4) is 0 Å². The van der Waals surface area contributed by atoms with Crippen molar-refractivity contribution in [2.24, 2.45) is 0 Å². The van der Waals surface area contributed by atoms with E-state index in [0.29, 0.717) is 0 Å². The summed E-state index contributed by atoms with van der Waals surface area (Å²) in [5.41, 5.74) is 1.92. The molecule has 2 N–H and O–H groups in total. The highest BCUT2D eigenvalue weighted by atomic mass is 16.3. The van der Waals surface area contributed by atoms with Gasteiger partial charge in [-0.25, -0.2) is 0 Å². The van der Waals surface area contributed by atoms with E-state index in [-0.39, 0.29) is 0 Å². The second kappa shape index (κ2) is 4.58. The Morgan fingerprint density at radius 3 is 2.23 bits per heavy atom. The first-order valence-electron chi connectivity index (χ1n) is 4.19. The summed E-state index contributed by atoms with van der Waals surface area (Å²) in [6.07, 6.45) is 4.47. The van der Waals surface area contributed by atoms with Crippen LogP contribution in [0.15, 0.2) is 30.3 Å². The standard InChI is InChI=1S/C11H13NO/c1-9(13)2-3-10-4-6-11(8-12)7-5-10/h2-9,12-13H,1H3/b3-2+,12-8?. The monoisotopic (exact) mass is 175 g/mol. The largest absolute Gasteiger partial charge is 0.389 e. The van der Waals surface area contributed by atoms with Crippen molar-refractivity contribution in [2.75, 3.05) is 0 Å². The van der Waals surface area contributed by atoms with Crippen LogP contribution >= 0.6 is 0 Å². The molecule has 0 spiro atoms. The number of aliphatic hydroxyl groups is 1. The minimum atomic E-state index is -0.414. The van der Waals surface area contributed by atoms with Gasteiger partial charge in [0.15, 0.2) is 0 Å². The number of hydrogen-bond donors (Lipinski definition) is 2. The van der Waals surface area contributed by atoms with Crippen molar-refractivity contribution >= 4 is 12.3 Å². The zero-order valence-electron chi connectivity index (χ0n) is 7.57. The van der Waals surface area contributed by atoms with E-state index >= 15 is 0 Å². The lowest BCUT2D eigenvalue weighted by atomic mass is 10.1. The Morgan fingerprint density at radius 1 is 1.23 bits per heavy atom. The van der Waals surface area contributed by atoms with Crippen LogP contribution in [0.2, 0.25) is 0 Å². The molecule has 2 nitrogen and oxygen atoms in total. The molecule has 1 unspecified atom stereocenters. The Kier molecular flexibility index (Phi) is 3.41. The molecular formula is C11H13NO. The Labute approximate surface area is 78.0 Å². The van der Waals surface area contributed by atoms with E-state index in [2.05, 4.69) is 0 Å². The van der Waals surface area contributed by atoms with Crippen molar-refractivity contribution in [2.45, 2.75) is 13.0 Å². The minimum Gasteiger partial charge on any atom is -0.389 e. The Balaban J connectivity index is 2.75. The molecule has 0 heterocycles. The van der Waals surface area contributed by atoms with Gasteiger partial charge >= 0.3 is 0 Å². The second-order valence-electron chi connectivity index (χ2n) is 2.91. The fourth-order valence-corrected chi connectivity index (χ4v) is 0.954. The summed E-state index contributed by atoms with van der Waals surface area (Å²) in [6.45, 7) is 1.71. The lowest BCUT2D eigenvalue weighted by Gasteiger charge is -1.96. The molecule has 68 valence electrons. The van der Waals surface area contributed by atoms with Crippen LogP contribution < -0.4 is 0 Å². The van der Waals surface area contributed by atoms with Crippen molar-refractivity contribution < 1.29 is 5.11 Å². The van der Waals surface area contributed by atoms with E-state index in [0.717, 1.165) is 11.1 Å². The number of hydrogen-bond acceptors (Lipinski definition) is 2. The third kappa shape index (κ3) is 3.22. The average molecular weight is 175 g/mol. The van der Waals surface area contributed by atoms with E-state index < -0.39 is 6.10 Å². The molecule has 0 bridgehead atoms. The molecule has 1 rings (SSSR count). The SMILES string of the molecule is CC(O)/C=C/c1ccc(C=N)cc1. The fraction of sp³-hybridized carbons (Fsp3) is 0.182. The summed E-state index contributed by atoms with van der Waals surface area (Å²) >= 11 is 0. The maximum atomic E-state index is 8.99. The normalized spacial score (nSPS) is 13.1. The zero-order chi connectivity index (χ0) is 9.68. The van der Waals surface area contributed by atoms with Crippen molar-refractivity contribution in [3.8, 4) is 0 Å². The molecule has 0 aliphatic carbocycles. The maximum Gasteiger partial charge on any atom is 0.0696 e. The molecular weight excluding hydrogens is 162 g/mol. The highest BCUT2D eigenvalue weighted by Gasteiger charge is 1.89. The molecule has 1 atom stereocenters. The lowest BCUT2D eigenvalue weighted by molar-refractivity contribution is 0.245. The summed E-state index contributed by atoms with van der Waals surface area (Å²) in [6, 6.07) is 7.57. The van der Waals surface area contributed by atoms with E-state index in [4.69, 9.17) is 10.5 Å². The first-order chi connectivity index (χ1) is 6.22. The van der Waals surface area contributed by atoms with E-state index in [1.165, 1.54) is 6.21 Å². The van der Waals surface area contributed by atoms with Crippen LogP contribution in [0.4, 0.5) is 0 Å². The van der Waals surface area contributed by atoms with Gasteiger partial charge in [-0.15, -0.1) is 0 Å². The molecule has 2 heteroatoms. The van der Waals surface area contributed by atoms with Gasteiger partial charge in [-0.2, -0.15) is 0 Å². The van der Waals surface area contributed by atoms with E-state index in [9.17, 15) is 0 Å². The predicted molar refractivity (Wildman–Crippen MR) is 55.0 cm³/mol. The van der Waals surface area contributed by atoms with Crippen molar-refractivity contribution in [1.29, 1.82) is 5.41 Å². The van der Waals surface area contributed by atoms with Crippen molar-refractivity contribution in [3.63, 3.8) is 0 Å². The molecule has 0 aromatic heterocycles. The smallest absolute Gasteiger partial charge is 0.0696 e. The average Bonchev–Trinajstić information content (AvgIpc) is 2.15. The highest BCUT2D eigenvalue weighted by molar-refractivity contribution is 5.77. The van der Waals surface area contributed by atoms with Crippen LogP contribution in [-0.2, 0) is 0 Å². The number of benzene rings is 1. The summed E-state index contributed by atoms with van der Waals surface area (Å²) in [4.78, 5) is 0. The fourth-order valence-electron chi connectivity index (χ4n) is 0.954. The molecule has 0 aliphatic heterocycles. The first kappa shape index (κ1) is 9.68. The molecule has 1 aromatic rings. The Bertz CT molecular complexity index is 298. The third-order valence-electron chi connectivity index (χ3n) is 1.67. The quantitative estimate of drug-likeness (QED) is 0.679. The van der Waals surface area contributed by atoms with E-state index in [1.54, 1.807) is 13.0 Å². The third-order valence-corrected chi connectivity index (χ3v) is 1.67. The van der Waals surface area contributed by atoms with Crippen LogP contribution in [0.25, 0.3) is 6.08 Å². The molecule has 13 heavy (non-hydrogen) atoms. The van der Waals surface area contributed by atoms with Gasteiger partial charge in [0.25, 0.3) is 0 Å². The molecule has 0 aliphatic rings. The summed E-state index contributed by atoms with van der Waals surface area (Å²) in [5.74, 6) is 0. The first-order valence-corrected chi connectivity index (χ1v) is 4.19. The maximum absolute atomic E-state index is 8.99. The van der Waals surface area contributed by atoms with Gasteiger partial charge in [0.1, 0.15) is 0 Å². The molecule has 0 saturated heterocycles. The van der Waals surface area contributed by atoms with Gasteiger partial charge in [-0.1, -0.05) is 36.4 Å². The summed E-state index contributed by atoms with van der Waals surface area (Å²) < 4.78 is 0.